The summed E-state index contributed by atoms with van der Waals surface area (Å²) in [6.07, 6.45) is 3.33. The van der Waals surface area contributed by atoms with E-state index in [4.69, 9.17) is 9.84 Å². The molecular weight excluding hydrogens is 248 g/mol. The summed E-state index contributed by atoms with van der Waals surface area (Å²) < 4.78 is 5.12. The van der Waals surface area contributed by atoms with E-state index in [1.807, 2.05) is 6.92 Å². The second kappa shape index (κ2) is 7.78. The highest BCUT2D eigenvalue weighted by Gasteiger charge is 2.26. The molecule has 0 aromatic carbocycles. The van der Waals surface area contributed by atoms with Gasteiger partial charge in [-0.2, -0.15) is 0 Å². The normalized spacial score (nSPS) is 23.7. The fourth-order valence-electron chi connectivity index (χ4n) is 1.86. The summed E-state index contributed by atoms with van der Waals surface area (Å²) in [5.41, 5.74) is 0. The first-order valence-electron chi connectivity index (χ1n) is 6.53. The number of rotatable bonds is 6. The number of hydrogen-bond acceptors (Lipinski definition) is 4. The molecule has 1 unspecified atom stereocenters. The zero-order valence-corrected chi connectivity index (χ0v) is 11.4. The number of carbonyl (C=O) groups is 2. The maximum atomic E-state index is 11.7. The van der Waals surface area contributed by atoms with Gasteiger partial charge in [0.25, 0.3) is 0 Å². The van der Waals surface area contributed by atoms with E-state index in [2.05, 4.69) is 10.6 Å². The van der Waals surface area contributed by atoms with Crippen molar-refractivity contribution in [2.24, 2.45) is 0 Å². The maximum Gasteiger partial charge on any atom is 0.242 e. The third-order valence-corrected chi connectivity index (χ3v) is 2.92. The van der Waals surface area contributed by atoms with Gasteiger partial charge >= 0.3 is 0 Å². The number of amides is 2. The van der Waals surface area contributed by atoms with Gasteiger partial charge in [0.05, 0.1) is 12.4 Å². The monoisotopic (exact) mass is 270 g/mol. The van der Waals surface area contributed by atoms with Crippen molar-refractivity contribution in [2.75, 3.05) is 13.2 Å². The summed E-state index contributed by atoms with van der Waals surface area (Å²) in [5.74, 6) is 0.261. The lowest BCUT2D eigenvalue weighted by molar-refractivity contribution is -0.130. The van der Waals surface area contributed by atoms with Gasteiger partial charge < -0.3 is 20.5 Å². The molecule has 3 N–H and O–H groups in total. The van der Waals surface area contributed by atoms with E-state index in [9.17, 15) is 9.59 Å². The largest absolute Gasteiger partial charge is 0.496 e. The fraction of sp³-hybridized carbons (Fsp3) is 0.692. The maximum absolute atomic E-state index is 11.7. The van der Waals surface area contributed by atoms with Crippen molar-refractivity contribution in [3.63, 3.8) is 0 Å². The summed E-state index contributed by atoms with van der Waals surface area (Å²) in [6.45, 7) is 3.82. The minimum absolute atomic E-state index is 0.0577. The molecule has 1 heterocycles. The minimum Gasteiger partial charge on any atom is -0.496 e. The molecule has 0 aromatic rings. The second-order valence-electron chi connectivity index (χ2n) is 4.70. The molecule has 1 saturated heterocycles. The first kappa shape index (κ1) is 15.5. The molecule has 6 heteroatoms. The van der Waals surface area contributed by atoms with Crippen molar-refractivity contribution < 1.29 is 19.4 Å². The van der Waals surface area contributed by atoms with Crippen molar-refractivity contribution in [2.45, 2.75) is 45.2 Å². The molecular formula is C13H22N2O4. The van der Waals surface area contributed by atoms with Gasteiger partial charge in [0, 0.05) is 12.5 Å². The van der Waals surface area contributed by atoms with Crippen LogP contribution >= 0.6 is 0 Å². The summed E-state index contributed by atoms with van der Waals surface area (Å²) in [4.78, 5) is 23.3. The van der Waals surface area contributed by atoms with Crippen LogP contribution < -0.4 is 10.6 Å². The standard InChI is InChI=1S/C13H22N2O4/c1-9-3-5-11(13(18)14-9)15-12(17)6-4-10(2)19-8-7-16/h4,9,11,16H,3,5-8H2,1-2H3,(H,14,18)(H,15,17)/b10-4+/t9-,11?/m1/s1. The molecule has 0 aliphatic carbocycles. The number of hydrogen-bond donors (Lipinski definition) is 3. The van der Waals surface area contributed by atoms with Gasteiger partial charge in [0.2, 0.25) is 11.8 Å². The van der Waals surface area contributed by atoms with Gasteiger partial charge in [-0.05, 0) is 32.8 Å². The third kappa shape index (κ3) is 5.74. The smallest absolute Gasteiger partial charge is 0.242 e. The predicted octanol–water partition coefficient (Wildman–Crippen LogP) is 0.0725. The molecule has 1 fully saturated rings. The van der Waals surface area contributed by atoms with E-state index in [1.54, 1.807) is 13.0 Å². The molecule has 108 valence electrons. The van der Waals surface area contributed by atoms with Gasteiger partial charge in [-0.15, -0.1) is 0 Å². The van der Waals surface area contributed by atoms with Crippen LogP contribution in [0.4, 0.5) is 0 Å². The van der Waals surface area contributed by atoms with Crippen LogP contribution in [0.3, 0.4) is 0 Å². The van der Waals surface area contributed by atoms with Crippen molar-refractivity contribution in [3.8, 4) is 0 Å². The quantitative estimate of drug-likeness (QED) is 0.596. The lowest BCUT2D eigenvalue weighted by Crippen LogP contribution is -2.53. The van der Waals surface area contributed by atoms with E-state index in [1.165, 1.54) is 0 Å². The Hall–Kier alpha value is -1.56. The van der Waals surface area contributed by atoms with Crippen molar-refractivity contribution in [1.82, 2.24) is 10.6 Å². The Bertz CT molecular complexity index is 355. The lowest BCUT2D eigenvalue weighted by Gasteiger charge is -2.27. The third-order valence-electron chi connectivity index (χ3n) is 2.92. The molecule has 1 rings (SSSR count). The average molecular weight is 270 g/mol. The molecule has 19 heavy (non-hydrogen) atoms. The van der Waals surface area contributed by atoms with E-state index < -0.39 is 6.04 Å². The van der Waals surface area contributed by atoms with Gasteiger partial charge in [-0.25, -0.2) is 0 Å². The first-order valence-corrected chi connectivity index (χ1v) is 6.53. The van der Waals surface area contributed by atoms with Crippen LogP contribution in [0.25, 0.3) is 0 Å². The van der Waals surface area contributed by atoms with Crippen molar-refractivity contribution in [3.05, 3.63) is 11.8 Å². The Morgan fingerprint density at radius 3 is 2.95 bits per heavy atom. The van der Waals surface area contributed by atoms with Gasteiger partial charge in [-0.1, -0.05) is 0 Å². The lowest BCUT2D eigenvalue weighted by atomic mass is 10.0. The molecule has 6 nitrogen and oxygen atoms in total. The topological polar surface area (TPSA) is 87.7 Å². The number of allylic oxidation sites excluding steroid dienone is 1. The average Bonchev–Trinajstić information content (AvgIpc) is 2.37. The predicted molar refractivity (Wildman–Crippen MR) is 70.2 cm³/mol. The summed E-state index contributed by atoms with van der Waals surface area (Å²) in [7, 11) is 0. The molecule has 1 aliphatic heterocycles. The van der Waals surface area contributed by atoms with Gasteiger partial charge in [0.1, 0.15) is 12.6 Å². The number of piperidine rings is 1. The van der Waals surface area contributed by atoms with E-state index in [0.29, 0.717) is 12.2 Å². The highest BCUT2D eigenvalue weighted by molar-refractivity contribution is 5.88. The number of carbonyl (C=O) groups excluding carboxylic acids is 2. The number of nitrogens with one attached hydrogen (secondary N) is 2. The van der Waals surface area contributed by atoms with Crippen LogP contribution in [0, 0.1) is 0 Å². The fourth-order valence-corrected chi connectivity index (χ4v) is 1.86. The molecule has 1 aliphatic rings. The van der Waals surface area contributed by atoms with Gasteiger partial charge in [0.15, 0.2) is 0 Å². The molecule has 0 saturated carbocycles. The Balaban J connectivity index is 2.33. The molecule has 0 radical (unpaired) electrons. The summed E-state index contributed by atoms with van der Waals surface area (Å²) in [6, 6.07) is -0.259. The number of aliphatic hydroxyl groups is 1. The van der Waals surface area contributed by atoms with Gasteiger partial charge in [-0.3, -0.25) is 9.59 Å². The van der Waals surface area contributed by atoms with Crippen LogP contribution in [0.2, 0.25) is 0 Å². The Labute approximate surface area is 113 Å². The molecule has 0 bridgehead atoms. The van der Waals surface area contributed by atoms with E-state index in [-0.39, 0.29) is 37.5 Å². The Kier molecular flexibility index (Phi) is 6.35. The van der Waals surface area contributed by atoms with Crippen LogP contribution in [0.15, 0.2) is 11.8 Å². The van der Waals surface area contributed by atoms with Crippen LogP contribution in [0.1, 0.15) is 33.1 Å². The van der Waals surface area contributed by atoms with Crippen molar-refractivity contribution in [1.29, 1.82) is 0 Å². The Morgan fingerprint density at radius 2 is 2.32 bits per heavy atom. The molecule has 0 aromatic heterocycles. The molecule has 2 amide bonds. The van der Waals surface area contributed by atoms with Crippen molar-refractivity contribution >= 4 is 11.8 Å². The molecule has 0 spiro atoms. The van der Waals surface area contributed by atoms with E-state index in [0.717, 1.165) is 6.42 Å². The Morgan fingerprint density at radius 1 is 1.58 bits per heavy atom. The zero-order chi connectivity index (χ0) is 14.3. The zero-order valence-electron chi connectivity index (χ0n) is 11.4. The highest BCUT2D eigenvalue weighted by Crippen LogP contribution is 2.09. The molecule has 2 atom stereocenters. The highest BCUT2D eigenvalue weighted by atomic mass is 16.5. The first-order chi connectivity index (χ1) is 9.02. The van der Waals surface area contributed by atoms with Crippen LogP contribution in [-0.2, 0) is 14.3 Å². The summed E-state index contributed by atoms with van der Waals surface area (Å²) in [5, 5.41) is 14.1. The second-order valence-corrected chi connectivity index (χ2v) is 4.70. The van der Waals surface area contributed by atoms with Crippen LogP contribution in [0.5, 0.6) is 0 Å². The van der Waals surface area contributed by atoms with E-state index >= 15 is 0 Å². The number of ether oxygens (including phenoxy) is 1. The number of aliphatic hydroxyl groups excluding tert-OH is 1. The van der Waals surface area contributed by atoms with Crippen LogP contribution in [-0.4, -0.2) is 42.2 Å². The summed E-state index contributed by atoms with van der Waals surface area (Å²) >= 11 is 0. The SMILES string of the molecule is C/C(=C\CC(=O)NC1CC[C@@H](C)NC1=O)OCCO. The minimum atomic E-state index is -0.434.